The smallest absolute Gasteiger partial charge is 0.234 e. The molecule has 17 aromatic carbocycles. The van der Waals surface area contributed by atoms with Gasteiger partial charge in [0.05, 0.1) is 118 Å². The Bertz CT molecular complexity index is 8090. The second kappa shape index (κ2) is 32.2. The highest BCUT2D eigenvalue weighted by atomic mass is 15.2. The molecule has 0 N–H and O–H groups in total. The van der Waals surface area contributed by atoms with Gasteiger partial charge in [0.1, 0.15) is 0 Å². The van der Waals surface area contributed by atoms with E-state index in [1.807, 2.05) is 24.5 Å². The molecule has 0 spiro atoms. The molecule has 0 saturated carbocycles. The zero-order valence-corrected chi connectivity index (χ0v) is 71.5. The van der Waals surface area contributed by atoms with Gasteiger partial charge in [-0.25, -0.2) is 24.9 Å². The van der Waals surface area contributed by atoms with E-state index in [1.165, 1.54) is 75.9 Å². The molecular weight excluding hydrogens is 1610 g/mol. The van der Waals surface area contributed by atoms with Crippen LogP contribution in [-0.4, -0.2) is 52.3 Å². The minimum absolute atomic E-state index is 0.639. The summed E-state index contributed by atoms with van der Waals surface area (Å²) in [7, 11) is 0. The fourth-order valence-electron chi connectivity index (χ4n) is 20.0. The molecule has 0 aliphatic heterocycles. The first-order valence-corrected chi connectivity index (χ1v) is 44.7. The maximum atomic E-state index is 5.32. The molecular formula is C121H79N11. The Hall–Kier alpha value is -17.9. The fourth-order valence-corrected chi connectivity index (χ4v) is 20.0. The molecule has 0 aliphatic rings. The Morgan fingerprint density at radius 1 is 0.144 bits per heavy atom. The normalized spacial score (nSPS) is 11.6. The molecule has 618 valence electrons. The lowest BCUT2D eigenvalue weighted by atomic mass is 10.0. The van der Waals surface area contributed by atoms with E-state index in [1.54, 1.807) is 0 Å². The number of benzene rings is 17. The summed E-state index contributed by atoms with van der Waals surface area (Å²) in [6, 6.07) is 165. The van der Waals surface area contributed by atoms with Gasteiger partial charge in [-0.15, -0.1) is 0 Å². The third-order valence-corrected chi connectivity index (χ3v) is 25.9. The van der Waals surface area contributed by atoms with Gasteiger partial charge < -0.3 is 22.8 Å². The van der Waals surface area contributed by atoms with E-state index >= 15 is 0 Å². The van der Waals surface area contributed by atoms with Crippen molar-refractivity contribution in [1.82, 2.24) is 52.3 Å². The number of hydrogen-bond acceptors (Lipinski definition) is 5. The SMILES string of the molecule is c1ccc(-c2cc3c4ccccc4n(-c4ccc(-n5c6ccccc6c6ccccc65)cc4)c3c(-c3ccccc3)n2)cc1.c1ccc(-c2cc3c4ccccc4n(-c4ccc(-n5c6ccccc6c6ccccc65)cc4)c3c(-c3ccccc3)n2)cc1.c1ccc(-c2cc3c4ccccc4n(-c4cnc(-n5c6ccccc6c6ccccc65)nc4)c3c(-c3ccccc3)n2)cc1. The van der Waals surface area contributed by atoms with Crippen LogP contribution in [0.4, 0.5) is 0 Å². The molecule has 0 atom stereocenters. The van der Waals surface area contributed by atoms with Crippen LogP contribution in [-0.2, 0) is 0 Å². The second-order valence-corrected chi connectivity index (χ2v) is 33.4. The highest BCUT2D eigenvalue weighted by Gasteiger charge is 2.26. The van der Waals surface area contributed by atoms with Crippen LogP contribution in [0.5, 0.6) is 0 Å². The van der Waals surface area contributed by atoms with Crippen molar-refractivity contribution in [3.63, 3.8) is 0 Å². The van der Waals surface area contributed by atoms with Crippen molar-refractivity contribution < 1.29 is 0 Å². The molecule has 10 heterocycles. The van der Waals surface area contributed by atoms with E-state index in [2.05, 4.69) is 482 Å². The van der Waals surface area contributed by atoms with Gasteiger partial charge in [0.15, 0.2) is 0 Å². The lowest BCUT2D eigenvalue weighted by Gasteiger charge is -2.14. The quantitative estimate of drug-likeness (QED) is 0.121. The highest BCUT2D eigenvalue weighted by molar-refractivity contribution is 6.18. The molecule has 0 saturated heterocycles. The van der Waals surface area contributed by atoms with Gasteiger partial charge in [0, 0.05) is 121 Å². The number of hydrogen-bond donors (Lipinski definition) is 0. The topological polar surface area (TPSA) is 94.0 Å². The predicted molar refractivity (Wildman–Crippen MR) is 547 cm³/mol. The van der Waals surface area contributed by atoms with Crippen molar-refractivity contribution in [1.29, 1.82) is 0 Å². The van der Waals surface area contributed by atoms with Crippen molar-refractivity contribution in [3.05, 3.63) is 480 Å². The van der Waals surface area contributed by atoms with Crippen LogP contribution in [0.25, 0.3) is 233 Å². The number of fused-ring (bicyclic) bond motifs is 18. The Labute approximate surface area is 759 Å². The van der Waals surface area contributed by atoms with Crippen LogP contribution < -0.4 is 0 Å². The van der Waals surface area contributed by atoms with Gasteiger partial charge in [0.25, 0.3) is 0 Å². The first-order chi connectivity index (χ1) is 65.5. The van der Waals surface area contributed by atoms with E-state index in [0.29, 0.717) is 5.95 Å². The van der Waals surface area contributed by atoms with E-state index < -0.39 is 0 Å². The highest BCUT2D eigenvalue weighted by Crippen LogP contribution is 2.46. The van der Waals surface area contributed by atoms with Crippen LogP contribution in [0.1, 0.15) is 0 Å². The molecule has 27 aromatic rings. The molecule has 10 aromatic heterocycles. The molecule has 11 heteroatoms. The lowest BCUT2D eigenvalue weighted by Crippen LogP contribution is -2.04. The summed E-state index contributed by atoms with van der Waals surface area (Å²) in [5.74, 6) is 0.639. The Balaban J connectivity index is 0.000000106. The maximum absolute atomic E-state index is 5.32. The van der Waals surface area contributed by atoms with Gasteiger partial charge >= 0.3 is 0 Å². The minimum Gasteiger partial charge on any atom is -0.309 e. The molecule has 132 heavy (non-hydrogen) atoms. The zero-order valence-electron chi connectivity index (χ0n) is 71.5. The fraction of sp³-hybridized carbons (Fsp3) is 0. The molecule has 27 rings (SSSR count). The Morgan fingerprint density at radius 2 is 0.326 bits per heavy atom. The van der Waals surface area contributed by atoms with Crippen LogP contribution in [0.2, 0.25) is 0 Å². The summed E-state index contributed by atoms with van der Waals surface area (Å²) in [6.07, 6.45) is 3.86. The monoisotopic (exact) mass is 1690 g/mol. The van der Waals surface area contributed by atoms with Crippen LogP contribution in [0.3, 0.4) is 0 Å². The Kier molecular flexibility index (Phi) is 18.7. The number of rotatable bonds is 12. The van der Waals surface area contributed by atoms with Gasteiger partial charge in [-0.05, 0) is 121 Å². The van der Waals surface area contributed by atoms with Crippen LogP contribution in [0, 0.1) is 0 Å². The third kappa shape index (κ3) is 12.9. The maximum Gasteiger partial charge on any atom is 0.234 e. The molecule has 0 aliphatic carbocycles. The van der Waals surface area contributed by atoms with E-state index in [-0.39, 0.29) is 0 Å². The molecule has 0 fully saturated rings. The minimum atomic E-state index is 0.639. The first-order valence-electron chi connectivity index (χ1n) is 44.7. The van der Waals surface area contributed by atoms with E-state index in [9.17, 15) is 0 Å². The van der Waals surface area contributed by atoms with E-state index in [0.717, 1.165) is 151 Å². The van der Waals surface area contributed by atoms with Gasteiger partial charge in [-0.1, -0.05) is 346 Å². The largest absolute Gasteiger partial charge is 0.309 e. The summed E-state index contributed by atoms with van der Waals surface area (Å²) < 4.78 is 13.9. The molecule has 0 bridgehead atoms. The van der Waals surface area contributed by atoms with Gasteiger partial charge in [-0.3, -0.25) is 4.57 Å². The standard InChI is InChI=1S/2C41H27N3.C39H25N5/c2*1-3-13-28(14-4-1)36-27-35-34-19-9-12-22-39(34)44(41(35)40(42-36)29-15-5-2-6-16-29)31-25-23-30(24-26-31)43-37-20-10-7-17-32(37)33-18-8-11-21-38(33)43;1-3-13-26(14-4-1)33-23-32-31-19-9-10-20-34(31)43(38(32)37(42-33)27-15-5-2-6-16-27)28-24-40-39(41-25-28)44-35-21-11-7-17-29(35)30-18-8-12-22-36(30)44/h2*1-27H;1-25H. The number of aromatic nitrogens is 11. The number of para-hydroxylation sites is 9. The predicted octanol–water partition coefficient (Wildman–Crippen LogP) is 30.6. The summed E-state index contributed by atoms with van der Waals surface area (Å²) in [4.78, 5) is 25.9. The summed E-state index contributed by atoms with van der Waals surface area (Å²) in [5.41, 5.74) is 31.4. The van der Waals surface area contributed by atoms with Crippen LogP contribution in [0.15, 0.2) is 480 Å². The lowest BCUT2D eigenvalue weighted by molar-refractivity contribution is 0.967. The first kappa shape index (κ1) is 76.5. The van der Waals surface area contributed by atoms with Crippen molar-refractivity contribution in [2.75, 3.05) is 0 Å². The third-order valence-electron chi connectivity index (χ3n) is 25.9. The van der Waals surface area contributed by atoms with Gasteiger partial charge in [-0.2, -0.15) is 0 Å². The van der Waals surface area contributed by atoms with Crippen molar-refractivity contribution >= 4 is 131 Å². The molecule has 0 radical (unpaired) electrons. The van der Waals surface area contributed by atoms with Crippen molar-refractivity contribution in [2.24, 2.45) is 0 Å². The molecule has 0 unspecified atom stereocenters. The summed E-state index contributed by atoms with van der Waals surface area (Å²) >= 11 is 0. The zero-order chi connectivity index (χ0) is 87.1. The summed E-state index contributed by atoms with van der Waals surface area (Å²) in [5, 5.41) is 14.5. The summed E-state index contributed by atoms with van der Waals surface area (Å²) in [6.45, 7) is 0. The van der Waals surface area contributed by atoms with Crippen molar-refractivity contribution in [2.45, 2.75) is 0 Å². The van der Waals surface area contributed by atoms with Gasteiger partial charge in [0.2, 0.25) is 5.95 Å². The average molecular weight is 1690 g/mol. The second-order valence-electron chi connectivity index (χ2n) is 33.4. The van der Waals surface area contributed by atoms with Crippen molar-refractivity contribution in [3.8, 4) is 102 Å². The molecule has 0 amide bonds. The Morgan fingerprint density at radius 3 is 0.568 bits per heavy atom. The molecule has 11 nitrogen and oxygen atoms in total. The van der Waals surface area contributed by atoms with Crippen LogP contribution >= 0.6 is 0 Å². The van der Waals surface area contributed by atoms with E-state index in [4.69, 9.17) is 24.9 Å². The average Bonchev–Trinajstić information content (AvgIpc) is 1.57. The number of nitrogens with zero attached hydrogens (tertiary/aromatic N) is 11. The number of pyridine rings is 3.